The first-order valence-corrected chi connectivity index (χ1v) is 15.6. The second-order valence-corrected chi connectivity index (χ2v) is 13.1. The van der Waals surface area contributed by atoms with Crippen LogP contribution in [0.2, 0.25) is 0 Å². The van der Waals surface area contributed by atoms with Gasteiger partial charge in [0, 0.05) is 52.6 Å². The van der Waals surface area contributed by atoms with Crippen molar-refractivity contribution in [2.45, 2.75) is 49.9 Å². The maximum absolute atomic E-state index is 13.8. The highest BCUT2D eigenvalue weighted by molar-refractivity contribution is 7.91. The first-order valence-electron chi connectivity index (χ1n) is 13.9. The molecule has 0 radical (unpaired) electrons. The summed E-state index contributed by atoms with van der Waals surface area (Å²) in [6, 6.07) is 7.94. The lowest BCUT2D eigenvalue weighted by atomic mass is 9.80. The second kappa shape index (κ2) is 11.1. The van der Waals surface area contributed by atoms with Crippen LogP contribution in [0, 0.1) is 11.8 Å². The molecule has 10 nitrogen and oxygen atoms in total. The molecule has 3 aromatic heterocycles. The van der Waals surface area contributed by atoms with Crippen LogP contribution in [0.3, 0.4) is 0 Å². The number of H-pyrrole nitrogens is 1. The summed E-state index contributed by atoms with van der Waals surface area (Å²) in [5.41, 5.74) is 0.940. The number of piperidine rings is 1. The Balaban J connectivity index is 1.18. The maximum Gasteiger partial charge on any atom is 0.335 e. The standard InChI is InChI=1S/C29H33N5O5S/c35-28(36)20-7-9-23(10-8-20)39-29(21-2-1-12-30-14-21)40(37,38)17-18-3-5-19(6-4-18)26-25-22(16-33-34-26)15-32-27-24(25)11-13-31-27/h7-11,13,15-16,18-19,21,29-30,34H,1-6,12,14,17H2,(H,35,36). The number of carboxylic acid groups (broad SMARTS) is 1. The van der Waals surface area contributed by atoms with E-state index in [1.54, 1.807) is 12.4 Å². The van der Waals surface area contributed by atoms with Gasteiger partial charge in [-0.15, -0.1) is 0 Å². The second-order valence-electron chi connectivity index (χ2n) is 11.0. The number of aromatic nitrogens is 4. The molecule has 4 heterocycles. The SMILES string of the molecule is O=C(O)c1ccc(OC(C2CCCNC2)S(=O)(=O)CC2CCC(c3[nH]ncc4cnc5nccc5c34)CC2)cc1. The van der Waals surface area contributed by atoms with Crippen LogP contribution in [-0.2, 0) is 9.84 Å². The van der Waals surface area contributed by atoms with E-state index in [2.05, 4.69) is 25.5 Å². The number of aromatic amines is 1. The highest BCUT2D eigenvalue weighted by Crippen LogP contribution is 2.40. The Morgan fingerprint density at radius 2 is 1.85 bits per heavy atom. The monoisotopic (exact) mass is 563 g/mol. The zero-order chi connectivity index (χ0) is 27.7. The number of nitrogens with zero attached hydrogens (tertiary/aromatic N) is 3. The molecular formula is C29H33N5O5S. The predicted molar refractivity (Wildman–Crippen MR) is 151 cm³/mol. The number of ether oxygens (including phenoxy) is 1. The number of nitrogens with one attached hydrogen (secondary N) is 2. The van der Waals surface area contributed by atoms with Crippen LogP contribution in [0.5, 0.6) is 5.75 Å². The van der Waals surface area contributed by atoms with E-state index in [4.69, 9.17) is 4.74 Å². The summed E-state index contributed by atoms with van der Waals surface area (Å²) in [4.78, 5) is 20.0. The molecule has 6 rings (SSSR count). The van der Waals surface area contributed by atoms with Crippen LogP contribution in [0.4, 0.5) is 0 Å². The van der Waals surface area contributed by atoms with Gasteiger partial charge >= 0.3 is 5.97 Å². The van der Waals surface area contributed by atoms with Crippen molar-refractivity contribution in [2.75, 3.05) is 18.8 Å². The number of sulfone groups is 1. The highest BCUT2D eigenvalue weighted by Gasteiger charge is 2.39. The van der Waals surface area contributed by atoms with Gasteiger partial charge in [0.1, 0.15) is 5.75 Å². The van der Waals surface area contributed by atoms with Gasteiger partial charge in [-0.3, -0.25) is 5.10 Å². The fourth-order valence-corrected chi connectivity index (χ4v) is 8.58. The Labute approximate surface area is 232 Å². The molecule has 1 saturated carbocycles. The van der Waals surface area contributed by atoms with Gasteiger partial charge in [0.15, 0.2) is 15.5 Å². The van der Waals surface area contributed by atoms with Crippen molar-refractivity contribution < 1.29 is 23.1 Å². The van der Waals surface area contributed by atoms with Crippen LogP contribution < -0.4 is 10.1 Å². The van der Waals surface area contributed by atoms with Crippen molar-refractivity contribution in [3.8, 4) is 5.75 Å². The average molecular weight is 564 g/mol. The summed E-state index contributed by atoms with van der Waals surface area (Å²) in [7, 11) is -3.60. The van der Waals surface area contributed by atoms with Crippen molar-refractivity contribution in [1.29, 1.82) is 0 Å². The molecule has 2 fully saturated rings. The molecule has 1 aliphatic carbocycles. The van der Waals surface area contributed by atoms with Crippen molar-refractivity contribution in [2.24, 2.45) is 11.8 Å². The summed E-state index contributed by atoms with van der Waals surface area (Å²) in [6.45, 7) is 1.44. The molecular weight excluding hydrogens is 530 g/mol. The van der Waals surface area contributed by atoms with E-state index < -0.39 is 21.2 Å². The van der Waals surface area contributed by atoms with Crippen LogP contribution in [-0.4, -0.2) is 63.9 Å². The van der Waals surface area contributed by atoms with Gasteiger partial charge in [0.05, 0.1) is 17.5 Å². The lowest BCUT2D eigenvalue weighted by Crippen LogP contribution is -2.45. The number of fused-ring (bicyclic) bond motifs is 3. The minimum absolute atomic E-state index is 0.0449. The predicted octanol–water partition coefficient (Wildman–Crippen LogP) is 4.30. The van der Waals surface area contributed by atoms with Gasteiger partial charge in [-0.1, -0.05) is 0 Å². The summed E-state index contributed by atoms with van der Waals surface area (Å²) in [6.07, 6.45) is 10.3. The zero-order valence-corrected chi connectivity index (χ0v) is 22.9. The van der Waals surface area contributed by atoms with E-state index in [1.165, 1.54) is 24.3 Å². The quantitative estimate of drug-likeness (QED) is 0.285. The van der Waals surface area contributed by atoms with E-state index in [9.17, 15) is 18.3 Å². The smallest absolute Gasteiger partial charge is 0.335 e. The third-order valence-corrected chi connectivity index (χ3v) is 10.5. The number of hydrogen-bond donors (Lipinski definition) is 3. The number of carboxylic acids is 1. The fraction of sp³-hybridized carbons (Fsp3) is 0.448. The first kappa shape index (κ1) is 26.6. The molecule has 2 atom stereocenters. The Morgan fingerprint density at radius 1 is 1.05 bits per heavy atom. The highest BCUT2D eigenvalue weighted by atomic mass is 32.2. The van der Waals surface area contributed by atoms with Crippen LogP contribution in [0.25, 0.3) is 21.8 Å². The Bertz CT molecular complexity index is 1610. The number of hydrogen-bond acceptors (Lipinski definition) is 8. The molecule has 40 heavy (non-hydrogen) atoms. The van der Waals surface area contributed by atoms with Gasteiger partial charge in [-0.25, -0.2) is 23.2 Å². The number of rotatable bonds is 8. The van der Waals surface area contributed by atoms with Gasteiger partial charge in [-0.2, -0.15) is 5.10 Å². The number of benzene rings is 1. The normalized spacial score (nSPS) is 22.8. The molecule has 3 N–H and O–H groups in total. The Morgan fingerprint density at radius 3 is 2.58 bits per heavy atom. The van der Waals surface area contributed by atoms with Crippen molar-refractivity contribution in [3.63, 3.8) is 0 Å². The van der Waals surface area contributed by atoms with Gasteiger partial charge < -0.3 is 15.2 Å². The largest absolute Gasteiger partial charge is 0.478 e. The van der Waals surface area contributed by atoms with Gasteiger partial charge in [-0.05, 0) is 81.3 Å². The first-order chi connectivity index (χ1) is 19.4. The lowest BCUT2D eigenvalue weighted by Gasteiger charge is -2.33. The minimum Gasteiger partial charge on any atom is -0.478 e. The number of carbonyl (C=O) groups is 1. The van der Waals surface area contributed by atoms with Crippen molar-refractivity contribution in [3.05, 3.63) is 60.2 Å². The van der Waals surface area contributed by atoms with Crippen molar-refractivity contribution in [1.82, 2.24) is 25.5 Å². The van der Waals surface area contributed by atoms with Gasteiger partial charge in [0.2, 0.25) is 5.44 Å². The molecule has 0 bridgehead atoms. The molecule has 4 aromatic rings. The molecule has 210 valence electrons. The van der Waals surface area contributed by atoms with E-state index >= 15 is 0 Å². The molecule has 1 saturated heterocycles. The van der Waals surface area contributed by atoms with E-state index in [-0.39, 0.29) is 29.1 Å². The van der Waals surface area contributed by atoms with E-state index in [0.717, 1.165) is 66.9 Å². The third kappa shape index (κ3) is 5.40. The van der Waals surface area contributed by atoms with E-state index in [0.29, 0.717) is 17.9 Å². The molecule has 1 aromatic carbocycles. The number of aromatic carboxylic acids is 1. The number of pyridine rings is 1. The Hall–Kier alpha value is -3.57. The van der Waals surface area contributed by atoms with Crippen LogP contribution >= 0.6 is 0 Å². The summed E-state index contributed by atoms with van der Waals surface area (Å²) >= 11 is 0. The van der Waals surface area contributed by atoms with Gasteiger partial charge in [0.25, 0.3) is 0 Å². The molecule has 0 spiro atoms. The van der Waals surface area contributed by atoms with Crippen LogP contribution in [0.15, 0.2) is 48.9 Å². The van der Waals surface area contributed by atoms with Crippen molar-refractivity contribution >= 4 is 37.6 Å². The minimum atomic E-state index is -3.60. The fourth-order valence-electron chi connectivity index (χ4n) is 6.32. The summed E-state index contributed by atoms with van der Waals surface area (Å²) < 4.78 is 33.8. The molecule has 1 aliphatic heterocycles. The molecule has 2 aliphatic rings. The molecule has 11 heteroatoms. The maximum atomic E-state index is 13.8. The molecule has 2 unspecified atom stereocenters. The molecule has 0 amide bonds. The van der Waals surface area contributed by atoms with E-state index in [1.807, 2.05) is 12.3 Å². The summed E-state index contributed by atoms with van der Waals surface area (Å²) in [5.74, 6) is -0.463. The topological polar surface area (TPSA) is 147 Å². The summed E-state index contributed by atoms with van der Waals surface area (Å²) in [5, 5.41) is 23.2. The lowest BCUT2D eigenvalue weighted by molar-refractivity contribution is 0.0696. The Kier molecular flexibility index (Phi) is 7.41. The third-order valence-electron chi connectivity index (χ3n) is 8.37. The zero-order valence-electron chi connectivity index (χ0n) is 22.1. The average Bonchev–Trinajstić information content (AvgIpc) is 3.46. The van der Waals surface area contributed by atoms with Crippen LogP contribution in [0.1, 0.15) is 60.5 Å².